The van der Waals surface area contributed by atoms with Crippen molar-refractivity contribution >= 4 is 0 Å². The van der Waals surface area contributed by atoms with Gasteiger partial charge < -0.3 is 20.3 Å². The predicted octanol–water partition coefficient (Wildman–Crippen LogP) is 0.139. The Bertz CT molecular complexity index is 117. The molecule has 0 amide bonds. The lowest BCUT2D eigenvalue weighted by Gasteiger charge is -2.22. The summed E-state index contributed by atoms with van der Waals surface area (Å²) in [6, 6.07) is 0. The summed E-state index contributed by atoms with van der Waals surface area (Å²) in [5, 5.41) is 8.40. The molecule has 0 rings (SSSR count). The van der Waals surface area contributed by atoms with Crippen molar-refractivity contribution in [2.75, 3.05) is 33.0 Å². The van der Waals surface area contributed by atoms with Crippen molar-refractivity contribution in [2.45, 2.75) is 25.8 Å². The molecule has 0 aliphatic heterocycles. The van der Waals surface area contributed by atoms with Gasteiger partial charge in [0.05, 0.1) is 33.0 Å². The number of aliphatic hydroxyl groups is 1. The van der Waals surface area contributed by atoms with Gasteiger partial charge in [-0.3, -0.25) is 0 Å². The molecule has 0 aromatic carbocycles. The fourth-order valence-corrected chi connectivity index (χ4v) is 0.692. The molecule has 0 radical (unpaired) electrons. The second-order valence-electron chi connectivity index (χ2n) is 3.40. The van der Waals surface area contributed by atoms with Gasteiger partial charge in [0.15, 0.2) is 0 Å². The van der Waals surface area contributed by atoms with Crippen LogP contribution < -0.4 is 5.73 Å². The van der Waals surface area contributed by atoms with Gasteiger partial charge in [-0.25, -0.2) is 0 Å². The van der Waals surface area contributed by atoms with Crippen molar-refractivity contribution in [1.82, 2.24) is 0 Å². The first-order chi connectivity index (χ1) is 6.12. The third-order valence-corrected chi connectivity index (χ3v) is 1.85. The summed E-state index contributed by atoms with van der Waals surface area (Å²) in [7, 11) is 0. The van der Waals surface area contributed by atoms with E-state index in [9.17, 15) is 0 Å². The summed E-state index contributed by atoms with van der Waals surface area (Å²) in [5.74, 6) is 0. The number of nitrogens with two attached hydrogens (primary N) is 1. The smallest absolute Gasteiger partial charge is 0.0701 e. The van der Waals surface area contributed by atoms with Gasteiger partial charge in [0.25, 0.3) is 0 Å². The van der Waals surface area contributed by atoms with Gasteiger partial charge in [-0.15, -0.1) is 0 Å². The molecule has 1 atom stereocenters. The van der Waals surface area contributed by atoms with Gasteiger partial charge in [0.2, 0.25) is 0 Å². The Labute approximate surface area is 80.0 Å². The van der Waals surface area contributed by atoms with Crippen molar-refractivity contribution in [3.63, 3.8) is 0 Å². The fraction of sp³-hybridized carbons (Fsp3) is 1.00. The summed E-state index contributed by atoms with van der Waals surface area (Å²) >= 11 is 0. The van der Waals surface area contributed by atoms with Crippen LogP contribution in [0.4, 0.5) is 0 Å². The molecular weight excluding hydrogens is 170 g/mol. The van der Waals surface area contributed by atoms with Crippen LogP contribution in [-0.2, 0) is 9.47 Å². The Morgan fingerprint density at radius 1 is 1.23 bits per heavy atom. The van der Waals surface area contributed by atoms with E-state index < -0.39 is 0 Å². The van der Waals surface area contributed by atoms with Crippen molar-refractivity contribution in [3.05, 3.63) is 0 Å². The molecule has 0 saturated carbocycles. The monoisotopic (exact) mass is 191 g/mol. The Kier molecular flexibility index (Phi) is 7.17. The van der Waals surface area contributed by atoms with Crippen LogP contribution in [0.25, 0.3) is 0 Å². The highest BCUT2D eigenvalue weighted by molar-refractivity contribution is 4.75. The lowest BCUT2D eigenvalue weighted by atomic mass is 10.0. The standard InChI is InChI=1S/C9H21NO3/c1-3-9(2,10)8-13-7-6-12-5-4-11/h11H,3-8,10H2,1-2H3. The van der Waals surface area contributed by atoms with E-state index in [0.717, 1.165) is 6.42 Å². The molecule has 4 nitrogen and oxygen atoms in total. The van der Waals surface area contributed by atoms with Gasteiger partial charge in [-0.1, -0.05) is 6.92 Å². The molecule has 0 aromatic rings. The molecule has 3 N–H and O–H groups in total. The first-order valence-electron chi connectivity index (χ1n) is 4.67. The van der Waals surface area contributed by atoms with E-state index in [4.69, 9.17) is 20.3 Å². The van der Waals surface area contributed by atoms with E-state index in [0.29, 0.717) is 26.4 Å². The van der Waals surface area contributed by atoms with Crippen molar-refractivity contribution in [1.29, 1.82) is 0 Å². The van der Waals surface area contributed by atoms with E-state index in [1.165, 1.54) is 0 Å². The van der Waals surface area contributed by atoms with E-state index >= 15 is 0 Å². The number of ether oxygens (including phenoxy) is 2. The number of hydrogen-bond acceptors (Lipinski definition) is 4. The first-order valence-corrected chi connectivity index (χ1v) is 4.67. The molecular formula is C9H21NO3. The number of hydrogen-bond donors (Lipinski definition) is 2. The van der Waals surface area contributed by atoms with Crippen molar-refractivity contribution in [2.24, 2.45) is 5.73 Å². The van der Waals surface area contributed by atoms with Crippen LogP contribution in [0.1, 0.15) is 20.3 Å². The third kappa shape index (κ3) is 8.18. The van der Waals surface area contributed by atoms with E-state index in [1.807, 2.05) is 13.8 Å². The van der Waals surface area contributed by atoms with Crippen molar-refractivity contribution in [3.8, 4) is 0 Å². The summed E-state index contributed by atoms with van der Waals surface area (Å²) < 4.78 is 10.3. The van der Waals surface area contributed by atoms with Crippen LogP contribution in [0, 0.1) is 0 Å². The maximum absolute atomic E-state index is 8.40. The minimum Gasteiger partial charge on any atom is -0.394 e. The first kappa shape index (κ1) is 12.8. The summed E-state index contributed by atoms with van der Waals surface area (Å²) in [4.78, 5) is 0. The average molecular weight is 191 g/mol. The molecule has 1 unspecified atom stereocenters. The maximum Gasteiger partial charge on any atom is 0.0701 e. The van der Waals surface area contributed by atoms with Gasteiger partial charge >= 0.3 is 0 Å². The minimum atomic E-state index is -0.239. The topological polar surface area (TPSA) is 64.7 Å². The van der Waals surface area contributed by atoms with E-state index in [1.54, 1.807) is 0 Å². The summed E-state index contributed by atoms with van der Waals surface area (Å²) in [6.45, 7) is 6.02. The van der Waals surface area contributed by atoms with Gasteiger partial charge in [-0.2, -0.15) is 0 Å². The highest BCUT2D eigenvalue weighted by Crippen LogP contribution is 2.04. The molecule has 0 bridgehead atoms. The van der Waals surface area contributed by atoms with E-state index in [-0.39, 0.29) is 12.1 Å². The molecule has 0 aromatic heterocycles. The Morgan fingerprint density at radius 2 is 1.85 bits per heavy atom. The maximum atomic E-state index is 8.40. The van der Waals surface area contributed by atoms with Crippen LogP contribution in [0.2, 0.25) is 0 Å². The van der Waals surface area contributed by atoms with Crippen LogP contribution in [0.15, 0.2) is 0 Å². The summed E-state index contributed by atoms with van der Waals surface area (Å²) in [6.07, 6.45) is 0.893. The molecule has 4 heteroatoms. The molecule has 13 heavy (non-hydrogen) atoms. The highest BCUT2D eigenvalue weighted by atomic mass is 16.5. The molecule has 0 heterocycles. The quantitative estimate of drug-likeness (QED) is 0.536. The SMILES string of the molecule is CCC(C)(N)COCCOCCO. The van der Waals surface area contributed by atoms with Crippen LogP contribution >= 0.6 is 0 Å². The van der Waals surface area contributed by atoms with E-state index in [2.05, 4.69) is 0 Å². The molecule has 80 valence electrons. The average Bonchev–Trinajstić information content (AvgIpc) is 2.11. The van der Waals surface area contributed by atoms with Gasteiger partial charge in [-0.05, 0) is 13.3 Å². The highest BCUT2D eigenvalue weighted by Gasteiger charge is 2.14. The van der Waals surface area contributed by atoms with Crippen molar-refractivity contribution < 1.29 is 14.6 Å². The van der Waals surface area contributed by atoms with Crippen LogP contribution in [0.3, 0.4) is 0 Å². The normalized spacial score (nSPS) is 15.7. The number of aliphatic hydroxyl groups excluding tert-OH is 1. The Balaban J connectivity index is 3.16. The van der Waals surface area contributed by atoms with Crippen LogP contribution in [-0.4, -0.2) is 43.7 Å². The molecule has 0 aliphatic carbocycles. The largest absolute Gasteiger partial charge is 0.394 e. The third-order valence-electron chi connectivity index (χ3n) is 1.85. The molecule has 0 spiro atoms. The Morgan fingerprint density at radius 3 is 2.38 bits per heavy atom. The fourth-order valence-electron chi connectivity index (χ4n) is 0.692. The summed E-state index contributed by atoms with van der Waals surface area (Å²) in [5.41, 5.74) is 5.61. The van der Waals surface area contributed by atoms with Crippen LogP contribution in [0.5, 0.6) is 0 Å². The lowest BCUT2D eigenvalue weighted by Crippen LogP contribution is -2.40. The predicted molar refractivity (Wildman–Crippen MR) is 51.6 cm³/mol. The second-order valence-corrected chi connectivity index (χ2v) is 3.40. The lowest BCUT2D eigenvalue weighted by molar-refractivity contribution is 0.0187. The molecule has 0 aliphatic rings. The van der Waals surface area contributed by atoms with Gasteiger partial charge in [0.1, 0.15) is 0 Å². The zero-order valence-electron chi connectivity index (χ0n) is 8.58. The minimum absolute atomic E-state index is 0.0591. The van der Waals surface area contributed by atoms with Gasteiger partial charge in [0, 0.05) is 5.54 Å². The molecule has 0 saturated heterocycles. The Hall–Kier alpha value is -0.160. The zero-order valence-corrected chi connectivity index (χ0v) is 8.58. The zero-order chi connectivity index (χ0) is 10.2. The second kappa shape index (κ2) is 7.26. The molecule has 0 fully saturated rings. The number of rotatable bonds is 8.